The van der Waals surface area contributed by atoms with Gasteiger partial charge < -0.3 is 10.6 Å². The maximum absolute atomic E-state index is 12.0. The molecule has 1 aliphatic rings. The predicted molar refractivity (Wildman–Crippen MR) is 69.9 cm³/mol. The first-order valence-corrected chi connectivity index (χ1v) is 6.64. The average molecular weight is 250 g/mol. The largest absolute Gasteiger partial charge is 0.332 e. The number of aromatic nitrogens is 2. The Kier molecular flexibility index (Phi) is 3.71. The zero-order valence-corrected chi connectivity index (χ0v) is 11.3. The van der Waals surface area contributed by atoms with Crippen LogP contribution in [-0.2, 0) is 4.79 Å². The molecule has 2 heterocycles. The van der Waals surface area contributed by atoms with E-state index in [0.29, 0.717) is 6.42 Å². The SMILES string of the molecule is CCCN1C(=O)C[C@H](N)[C@H]1c1ccnn1C(C)C. The van der Waals surface area contributed by atoms with Crippen LogP contribution in [0.25, 0.3) is 0 Å². The van der Waals surface area contributed by atoms with Gasteiger partial charge in [-0.25, -0.2) is 0 Å². The summed E-state index contributed by atoms with van der Waals surface area (Å²) >= 11 is 0. The molecule has 18 heavy (non-hydrogen) atoms. The van der Waals surface area contributed by atoms with Gasteiger partial charge in [-0.15, -0.1) is 0 Å². The second kappa shape index (κ2) is 5.10. The van der Waals surface area contributed by atoms with Crippen molar-refractivity contribution < 1.29 is 4.79 Å². The van der Waals surface area contributed by atoms with Crippen molar-refractivity contribution in [3.05, 3.63) is 18.0 Å². The van der Waals surface area contributed by atoms with E-state index >= 15 is 0 Å². The molecular formula is C13H22N4O. The number of hydrogen-bond donors (Lipinski definition) is 1. The van der Waals surface area contributed by atoms with Gasteiger partial charge in [0.25, 0.3) is 0 Å². The fourth-order valence-corrected chi connectivity index (χ4v) is 2.69. The Morgan fingerprint density at radius 3 is 2.89 bits per heavy atom. The fourth-order valence-electron chi connectivity index (χ4n) is 2.69. The molecule has 2 atom stereocenters. The standard InChI is InChI=1S/C13H22N4O/c1-4-7-16-12(18)8-10(14)13(16)11-5-6-15-17(11)9(2)3/h5-6,9-10,13H,4,7-8,14H2,1-3H3/t10-,13-/m0/s1. The summed E-state index contributed by atoms with van der Waals surface area (Å²) in [5, 5.41) is 4.34. The number of rotatable bonds is 4. The summed E-state index contributed by atoms with van der Waals surface area (Å²) < 4.78 is 1.96. The van der Waals surface area contributed by atoms with Crippen LogP contribution < -0.4 is 5.73 Å². The minimum atomic E-state index is -0.127. The molecule has 0 aliphatic carbocycles. The topological polar surface area (TPSA) is 64.2 Å². The van der Waals surface area contributed by atoms with E-state index in [1.54, 1.807) is 6.20 Å². The van der Waals surface area contributed by atoms with Crippen LogP contribution in [-0.4, -0.2) is 33.2 Å². The monoisotopic (exact) mass is 250 g/mol. The number of nitrogens with two attached hydrogens (primary N) is 1. The molecule has 0 saturated carbocycles. The molecular weight excluding hydrogens is 228 g/mol. The lowest BCUT2D eigenvalue weighted by molar-refractivity contribution is -0.129. The van der Waals surface area contributed by atoms with Gasteiger partial charge in [0, 0.05) is 31.2 Å². The number of carbonyl (C=O) groups is 1. The van der Waals surface area contributed by atoms with E-state index in [-0.39, 0.29) is 24.0 Å². The zero-order chi connectivity index (χ0) is 13.3. The lowest BCUT2D eigenvalue weighted by Crippen LogP contribution is -2.35. The van der Waals surface area contributed by atoms with Gasteiger partial charge >= 0.3 is 0 Å². The summed E-state index contributed by atoms with van der Waals surface area (Å²) in [7, 11) is 0. The lowest BCUT2D eigenvalue weighted by atomic mass is 10.1. The van der Waals surface area contributed by atoms with Gasteiger partial charge in [0.2, 0.25) is 5.91 Å². The van der Waals surface area contributed by atoms with Gasteiger partial charge in [-0.3, -0.25) is 9.48 Å². The van der Waals surface area contributed by atoms with Gasteiger partial charge in [0.15, 0.2) is 0 Å². The van der Waals surface area contributed by atoms with E-state index in [1.165, 1.54) is 0 Å². The van der Waals surface area contributed by atoms with Crippen LogP contribution in [0.1, 0.15) is 51.4 Å². The summed E-state index contributed by atoms with van der Waals surface area (Å²) in [6.07, 6.45) is 3.17. The molecule has 1 amide bonds. The molecule has 2 rings (SSSR count). The summed E-state index contributed by atoms with van der Waals surface area (Å²) in [6.45, 7) is 7.01. The Labute approximate surface area is 108 Å². The van der Waals surface area contributed by atoms with Gasteiger partial charge in [0.05, 0.1) is 11.7 Å². The van der Waals surface area contributed by atoms with Gasteiger partial charge in [-0.2, -0.15) is 5.10 Å². The summed E-state index contributed by atoms with van der Waals surface area (Å²) in [5.74, 6) is 0.158. The first kappa shape index (κ1) is 13.1. The van der Waals surface area contributed by atoms with Crippen LogP contribution >= 0.6 is 0 Å². The maximum atomic E-state index is 12.0. The number of carbonyl (C=O) groups excluding carboxylic acids is 1. The molecule has 0 radical (unpaired) electrons. The molecule has 1 aliphatic heterocycles. The van der Waals surface area contributed by atoms with Crippen LogP contribution in [0, 0.1) is 0 Å². The van der Waals surface area contributed by atoms with Crippen molar-refractivity contribution >= 4 is 5.91 Å². The Morgan fingerprint density at radius 1 is 1.56 bits per heavy atom. The van der Waals surface area contributed by atoms with Crippen LogP contribution in [0.2, 0.25) is 0 Å². The molecule has 100 valence electrons. The first-order valence-electron chi connectivity index (χ1n) is 6.64. The molecule has 0 bridgehead atoms. The third-order valence-electron chi connectivity index (χ3n) is 3.43. The molecule has 5 heteroatoms. The molecule has 1 aromatic rings. The van der Waals surface area contributed by atoms with Gasteiger partial charge in [-0.05, 0) is 26.3 Å². The van der Waals surface area contributed by atoms with E-state index in [2.05, 4.69) is 25.9 Å². The highest BCUT2D eigenvalue weighted by Gasteiger charge is 2.39. The molecule has 0 spiro atoms. The van der Waals surface area contributed by atoms with Crippen LogP contribution in [0.15, 0.2) is 12.3 Å². The number of hydrogen-bond acceptors (Lipinski definition) is 3. The van der Waals surface area contributed by atoms with Crippen molar-refractivity contribution in [3.63, 3.8) is 0 Å². The highest BCUT2D eigenvalue weighted by Crippen LogP contribution is 2.32. The first-order chi connectivity index (χ1) is 8.56. The van der Waals surface area contributed by atoms with E-state index in [4.69, 9.17) is 5.73 Å². The van der Waals surface area contributed by atoms with Crippen molar-refractivity contribution in [2.45, 2.75) is 51.7 Å². The smallest absolute Gasteiger partial charge is 0.224 e. The number of nitrogens with zero attached hydrogens (tertiary/aromatic N) is 3. The number of amides is 1. The third-order valence-corrected chi connectivity index (χ3v) is 3.43. The maximum Gasteiger partial charge on any atom is 0.224 e. The quantitative estimate of drug-likeness (QED) is 0.880. The number of likely N-dealkylation sites (tertiary alicyclic amines) is 1. The molecule has 0 unspecified atom stereocenters. The van der Waals surface area contributed by atoms with Crippen LogP contribution in [0.5, 0.6) is 0 Å². The van der Waals surface area contributed by atoms with Crippen molar-refractivity contribution in [3.8, 4) is 0 Å². The minimum Gasteiger partial charge on any atom is -0.332 e. The van der Waals surface area contributed by atoms with Gasteiger partial charge in [0.1, 0.15) is 0 Å². The second-order valence-corrected chi connectivity index (χ2v) is 5.19. The summed E-state index contributed by atoms with van der Waals surface area (Å²) in [5.41, 5.74) is 7.20. The van der Waals surface area contributed by atoms with E-state index in [9.17, 15) is 4.79 Å². The Bertz CT molecular complexity index is 426. The highest BCUT2D eigenvalue weighted by molar-refractivity contribution is 5.80. The van der Waals surface area contributed by atoms with Crippen molar-refractivity contribution in [2.75, 3.05) is 6.54 Å². The molecule has 1 fully saturated rings. The van der Waals surface area contributed by atoms with Crippen LogP contribution in [0.3, 0.4) is 0 Å². The Balaban J connectivity index is 2.34. The zero-order valence-electron chi connectivity index (χ0n) is 11.3. The van der Waals surface area contributed by atoms with Crippen molar-refractivity contribution in [2.24, 2.45) is 5.73 Å². The summed E-state index contributed by atoms with van der Waals surface area (Å²) in [4.78, 5) is 13.9. The molecule has 5 nitrogen and oxygen atoms in total. The lowest BCUT2D eigenvalue weighted by Gasteiger charge is -2.28. The van der Waals surface area contributed by atoms with E-state index in [1.807, 2.05) is 15.6 Å². The predicted octanol–water partition coefficient (Wildman–Crippen LogP) is 1.47. The third kappa shape index (κ3) is 2.14. The normalized spacial score (nSPS) is 24.3. The second-order valence-electron chi connectivity index (χ2n) is 5.19. The summed E-state index contributed by atoms with van der Waals surface area (Å²) in [6, 6.07) is 2.10. The Hall–Kier alpha value is -1.36. The highest BCUT2D eigenvalue weighted by atomic mass is 16.2. The molecule has 0 aromatic carbocycles. The Morgan fingerprint density at radius 2 is 2.28 bits per heavy atom. The molecule has 1 saturated heterocycles. The average Bonchev–Trinajstić information content (AvgIpc) is 2.85. The van der Waals surface area contributed by atoms with Crippen molar-refractivity contribution in [1.29, 1.82) is 0 Å². The van der Waals surface area contributed by atoms with Crippen LogP contribution in [0.4, 0.5) is 0 Å². The molecule has 2 N–H and O–H groups in total. The molecule has 1 aromatic heterocycles. The van der Waals surface area contributed by atoms with Crippen molar-refractivity contribution in [1.82, 2.24) is 14.7 Å². The van der Waals surface area contributed by atoms with E-state index in [0.717, 1.165) is 18.7 Å². The minimum absolute atomic E-state index is 0.0256. The van der Waals surface area contributed by atoms with E-state index < -0.39 is 0 Å². The van der Waals surface area contributed by atoms with Gasteiger partial charge in [-0.1, -0.05) is 6.92 Å². The fraction of sp³-hybridized carbons (Fsp3) is 0.692.